The fourth-order valence-corrected chi connectivity index (χ4v) is 2.26. The number of hydrogen-bond donors (Lipinski definition) is 0. The first-order chi connectivity index (χ1) is 8.33. The Labute approximate surface area is 101 Å². The topological polar surface area (TPSA) is 65.0 Å². The summed E-state index contributed by atoms with van der Waals surface area (Å²) in [6, 6.07) is 7.68. The average molecular weight is 247 g/mol. The van der Waals surface area contributed by atoms with Crippen LogP contribution in [0.2, 0.25) is 0 Å². The summed E-state index contributed by atoms with van der Waals surface area (Å²) in [7, 11) is 0. The lowest BCUT2D eigenvalue weighted by Crippen LogP contribution is -1.84. The lowest BCUT2D eigenvalue weighted by atomic mass is 10.3. The Balaban J connectivity index is 1.79. The first-order valence-electron chi connectivity index (χ1n) is 5.09. The van der Waals surface area contributed by atoms with Crippen molar-refractivity contribution in [3.63, 3.8) is 0 Å². The van der Waals surface area contributed by atoms with Crippen LogP contribution in [0.15, 0.2) is 38.5 Å². The van der Waals surface area contributed by atoms with Gasteiger partial charge in [-0.3, -0.25) is 0 Å². The largest absolute Gasteiger partial charge is 0.431 e. The molecule has 0 N–H and O–H groups in total. The number of aryl methyl sites for hydroxylation is 1. The summed E-state index contributed by atoms with van der Waals surface area (Å²) in [6.07, 6.45) is 0. The van der Waals surface area contributed by atoms with Gasteiger partial charge in [0.1, 0.15) is 16.9 Å². The highest BCUT2D eigenvalue weighted by atomic mass is 32.2. The summed E-state index contributed by atoms with van der Waals surface area (Å²) in [6.45, 7) is 1.86. The smallest absolute Gasteiger partial charge is 0.257 e. The molecule has 0 saturated carbocycles. The van der Waals surface area contributed by atoms with Gasteiger partial charge in [-0.1, -0.05) is 34.2 Å². The summed E-state index contributed by atoms with van der Waals surface area (Å²) < 4.78 is 10.2. The number of nitrogens with zero attached hydrogens (tertiary/aromatic N) is 3. The minimum absolute atomic E-state index is 0.633. The molecule has 0 aliphatic rings. The van der Waals surface area contributed by atoms with Gasteiger partial charge in [0.25, 0.3) is 5.22 Å². The van der Waals surface area contributed by atoms with Crippen molar-refractivity contribution in [1.29, 1.82) is 0 Å². The van der Waals surface area contributed by atoms with Gasteiger partial charge in [-0.15, -0.1) is 0 Å². The normalized spacial score (nSPS) is 11.1. The van der Waals surface area contributed by atoms with E-state index in [-0.39, 0.29) is 0 Å². The lowest BCUT2D eigenvalue weighted by Gasteiger charge is -1.91. The van der Waals surface area contributed by atoms with Gasteiger partial charge < -0.3 is 4.42 Å². The zero-order chi connectivity index (χ0) is 11.7. The monoisotopic (exact) mass is 247 g/mol. The molecule has 0 amide bonds. The summed E-state index contributed by atoms with van der Waals surface area (Å²) in [5.74, 6) is 0.641. The Bertz CT molecular complexity index is 614. The molecule has 2 heterocycles. The van der Waals surface area contributed by atoms with Crippen LogP contribution in [-0.4, -0.2) is 15.3 Å². The van der Waals surface area contributed by atoms with E-state index < -0.39 is 0 Å². The van der Waals surface area contributed by atoms with E-state index in [0.717, 1.165) is 22.5 Å². The van der Waals surface area contributed by atoms with Crippen LogP contribution in [0.1, 0.15) is 11.4 Å². The Morgan fingerprint density at radius 2 is 2.12 bits per heavy atom. The zero-order valence-electron chi connectivity index (χ0n) is 9.08. The Morgan fingerprint density at radius 3 is 2.88 bits per heavy atom. The highest BCUT2D eigenvalue weighted by Crippen LogP contribution is 2.25. The number of fused-ring (bicyclic) bond motifs is 1. The van der Waals surface area contributed by atoms with Crippen molar-refractivity contribution in [1.82, 2.24) is 15.3 Å². The quantitative estimate of drug-likeness (QED) is 0.663. The van der Waals surface area contributed by atoms with E-state index in [0.29, 0.717) is 11.0 Å². The van der Waals surface area contributed by atoms with E-state index in [1.165, 1.54) is 11.8 Å². The summed E-state index contributed by atoms with van der Waals surface area (Å²) in [5, 5.41) is 8.16. The molecule has 0 aliphatic carbocycles. The minimum atomic E-state index is 0.633. The van der Waals surface area contributed by atoms with E-state index in [4.69, 9.17) is 4.42 Å². The lowest BCUT2D eigenvalue weighted by molar-refractivity contribution is 0.302. The molecular formula is C11H9N3O2S. The van der Waals surface area contributed by atoms with Crippen LogP contribution in [-0.2, 0) is 5.75 Å². The van der Waals surface area contributed by atoms with Crippen LogP contribution in [0.25, 0.3) is 11.1 Å². The maximum Gasteiger partial charge on any atom is 0.257 e. The van der Waals surface area contributed by atoms with Crippen molar-refractivity contribution in [2.24, 2.45) is 0 Å². The number of hydrogen-bond acceptors (Lipinski definition) is 6. The van der Waals surface area contributed by atoms with Crippen molar-refractivity contribution in [3.05, 3.63) is 35.7 Å². The number of oxazole rings is 1. The SMILES string of the molecule is Cc1nonc1CSc1nc2ccccc2o1. The van der Waals surface area contributed by atoms with E-state index >= 15 is 0 Å². The van der Waals surface area contributed by atoms with Crippen LogP contribution in [0, 0.1) is 6.92 Å². The maximum absolute atomic E-state index is 5.58. The molecule has 1 aromatic carbocycles. The number of para-hydroxylation sites is 2. The first kappa shape index (κ1) is 10.3. The second-order valence-corrected chi connectivity index (χ2v) is 4.46. The highest BCUT2D eigenvalue weighted by Gasteiger charge is 2.09. The van der Waals surface area contributed by atoms with E-state index in [1.54, 1.807) is 0 Å². The predicted molar refractivity (Wildman–Crippen MR) is 62.6 cm³/mol. The van der Waals surface area contributed by atoms with Gasteiger partial charge in [0.05, 0.1) is 5.75 Å². The molecule has 0 bridgehead atoms. The van der Waals surface area contributed by atoms with Gasteiger partial charge in [-0.05, 0) is 19.1 Å². The van der Waals surface area contributed by atoms with Crippen molar-refractivity contribution in [2.75, 3.05) is 0 Å². The van der Waals surface area contributed by atoms with Crippen molar-refractivity contribution in [2.45, 2.75) is 17.9 Å². The molecule has 86 valence electrons. The molecule has 3 aromatic rings. The fraction of sp³-hybridized carbons (Fsp3) is 0.182. The van der Waals surface area contributed by atoms with Gasteiger partial charge in [0.2, 0.25) is 0 Å². The Morgan fingerprint density at radius 1 is 1.24 bits per heavy atom. The molecule has 2 aromatic heterocycles. The third-order valence-electron chi connectivity index (χ3n) is 2.35. The molecule has 0 radical (unpaired) electrons. The van der Waals surface area contributed by atoms with Gasteiger partial charge in [-0.2, -0.15) is 0 Å². The number of aromatic nitrogens is 3. The van der Waals surface area contributed by atoms with E-state index in [9.17, 15) is 0 Å². The van der Waals surface area contributed by atoms with Crippen molar-refractivity contribution in [3.8, 4) is 0 Å². The van der Waals surface area contributed by atoms with Crippen LogP contribution in [0.3, 0.4) is 0 Å². The molecule has 0 atom stereocenters. The average Bonchev–Trinajstić information content (AvgIpc) is 2.92. The summed E-state index contributed by atoms with van der Waals surface area (Å²) in [5.41, 5.74) is 3.28. The number of rotatable bonds is 3. The summed E-state index contributed by atoms with van der Waals surface area (Å²) >= 11 is 1.48. The van der Waals surface area contributed by atoms with Crippen LogP contribution in [0.4, 0.5) is 0 Å². The van der Waals surface area contributed by atoms with Crippen molar-refractivity contribution >= 4 is 22.9 Å². The third kappa shape index (κ3) is 2.03. The number of benzene rings is 1. The van der Waals surface area contributed by atoms with E-state index in [2.05, 4.69) is 19.9 Å². The molecule has 0 fully saturated rings. The molecule has 0 spiro atoms. The third-order valence-corrected chi connectivity index (χ3v) is 3.19. The Hall–Kier alpha value is -1.82. The van der Waals surface area contributed by atoms with Crippen LogP contribution in [0.5, 0.6) is 0 Å². The molecule has 17 heavy (non-hydrogen) atoms. The van der Waals surface area contributed by atoms with E-state index in [1.807, 2.05) is 31.2 Å². The molecule has 3 rings (SSSR count). The molecule has 0 saturated heterocycles. The molecule has 0 unspecified atom stereocenters. The van der Waals surface area contributed by atoms with Crippen molar-refractivity contribution < 1.29 is 9.05 Å². The number of thioether (sulfide) groups is 1. The molecular weight excluding hydrogens is 238 g/mol. The zero-order valence-corrected chi connectivity index (χ0v) is 9.90. The van der Waals surface area contributed by atoms with Gasteiger partial charge >= 0.3 is 0 Å². The first-order valence-corrected chi connectivity index (χ1v) is 6.08. The van der Waals surface area contributed by atoms with Gasteiger partial charge in [0.15, 0.2) is 5.58 Å². The van der Waals surface area contributed by atoms with Crippen LogP contribution >= 0.6 is 11.8 Å². The van der Waals surface area contributed by atoms with Gasteiger partial charge in [0, 0.05) is 0 Å². The summed E-state index contributed by atoms with van der Waals surface area (Å²) in [4.78, 5) is 4.36. The highest BCUT2D eigenvalue weighted by molar-refractivity contribution is 7.98. The fourth-order valence-electron chi connectivity index (χ4n) is 1.42. The molecule has 0 aliphatic heterocycles. The molecule has 6 heteroatoms. The van der Waals surface area contributed by atoms with Gasteiger partial charge in [-0.25, -0.2) is 9.61 Å². The van der Waals surface area contributed by atoms with Crippen LogP contribution < -0.4 is 0 Å². The maximum atomic E-state index is 5.58. The second-order valence-electron chi connectivity index (χ2n) is 3.53. The molecule has 5 nitrogen and oxygen atoms in total. The minimum Gasteiger partial charge on any atom is -0.431 e. The Kier molecular flexibility index (Phi) is 2.56. The predicted octanol–water partition coefficient (Wildman–Crippen LogP) is 2.81. The second kappa shape index (κ2) is 4.21. The standard InChI is InChI=1S/C11H9N3O2S/c1-7-9(14-16-13-7)6-17-11-12-8-4-2-3-5-10(8)15-11/h2-5H,6H2,1H3.